The van der Waals surface area contributed by atoms with E-state index in [4.69, 9.17) is 0 Å². The molecule has 1 aromatic rings. The van der Waals surface area contributed by atoms with Gasteiger partial charge in [-0.1, -0.05) is 0 Å². The number of nitrogens with two attached hydrogens (primary N) is 1. The first-order valence-electron chi connectivity index (χ1n) is 4.59. The summed E-state index contributed by atoms with van der Waals surface area (Å²) < 4.78 is 86.7. The summed E-state index contributed by atoms with van der Waals surface area (Å²) in [7, 11) is -5.04. The zero-order valence-electron chi connectivity index (χ0n) is 9.47. The summed E-state index contributed by atoms with van der Waals surface area (Å²) in [6.07, 6.45) is -9.11. The molecular weight excluding hydrogens is 333 g/mol. The molecule has 0 amide bonds. The van der Waals surface area contributed by atoms with Crippen LogP contribution in [-0.4, -0.2) is 24.7 Å². The summed E-state index contributed by atoms with van der Waals surface area (Å²) in [6.45, 7) is 0. The van der Waals surface area contributed by atoms with E-state index in [2.05, 4.69) is 14.9 Å². The second-order valence-corrected chi connectivity index (χ2v) is 4.84. The molecule has 0 bridgehead atoms. The highest BCUT2D eigenvalue weighted by Gasteiger charge is 2.37. The third-order valence-corrected chi connectivity index (χ3v) is 2.85. The van der Waals surface area contributed by atoms with Crippen molar-refractivity contribution in [1.29, 1.82) is 0 Å². The van der Waals surface area contributed by atoms with Gasteiger partial charge in [0.2, 0.25) is 15.9 Å². The summed E-state index contributed by atoms with van der Waals surface area (Å²) in [5.74, 6) is -1.61. The molecule has 0 atom stereocenters. The van der Waals surface area contributed by atoms with E-state index in [-0.39, 0.29) is 6.07 Å². The number of hydrogen-bond donors (Lipinski definition) is 1. The standard InChI is InChI=1S/C7H4F5N3O5S/c8-6(9)4-5(21(13,18)19)2(15(16)17)1-3(14-4)20-7(10,11)12/h1,6H,(H2,13,18,19). The van der Waals surface area contributed by atoms with Crippen molar-refractivity contribution >= 4 is 15.7 Å². The van der Waals surface area contributed by atoms with Crippen molar-refractivity contribution in [1.82, 2.24) is 4.98 Å². The third-order valence-electron chi connectivity index (χ3n) is 1.86. The Kier molecular flexibility index (Phi) is 4.33. The highest BCUT2D eigenvalue weighted by Crippen LogP contribution is 2.35. The minimum Gasteiger partial charge on any atom is -0.388 e. The Labute approximate surface area is 112 Å². The predicted molar refractivity (Wildman–Crippen MR) is 53.9 cm³/mol. The van der Waals surface area contributed by atoms with Crippen molar-refractivity contribution in [2.45, 2.75) is 17.7 Å². The second-order valence-electron chi connectivity index (χ2n) is 3.34. The fraction of sp³-hybridized carbons (Fsp3) is 0.286. The van der Waals surface area contributed by atoms with Crippen LogP contribution in [-0.2, 0) is 10.0 Å². The number of nitrogens with zero attached hydrogens (tertiary/aromatic N) is 2. The maximum Gasteiger partial charge on any atom is 0.574 e. The van der Waals surface area contributed by atoms with E-state index >= 15 is 0 Å². The Morgan fingerprint density at radius 3 is 2.24 bits per heavy atom. The minimum atomic E-state index is -5.37. The summed E-state index contributed by atoms with van der Waals surface area (Å²) in [6, 6.07) is -0.0703. The molecule has 1 aromatic heterocycles. The number of hydrogen-bond acceptors (Lipinski definition) is 6. The Morgan fingerprint density at radius 2 is 1.90 bits per heavy atom. The van der Waals surface area contributed by atoms with E-state index in [1.165, 1.54) is 0 Å². The van der Waals surface area contributed by atoms with Crippen LogP contribution in [0.1, 0.15) is 12.1 Å². The monoisotopic (exact) mass is 337 g/mol. The van der Waals surface area contributed by atoms with Crippen LogP contribution in [0.5, 0.6) is 5.88 Å². The van der Waals surface area contributed by atoms with Crippen LogP contribution in [0.15, 0.2) is 11.0 Å². The van der Waals surface area contributed by atoms with Gasteiger partial charge in [0.05, 0.1) is 11.0 Å². The van der Waals surface area contributed by atoms with Crippen LogP contribution in [0.4, 0.5) is 27.6 Å². The van der Waals surface area contributed by atoms with E-state index in [1.54, 1.807) is 0 Å². The molecule has 0 saturated carbocycles. The fourth-order valence-corrected chi connectivity index (χ4v) is 2.11. The van der Waals surface area contributed by atoms with Crippen molar-refractivity contribution in [2.75, 3.05) is 0 Å². The van der Waals surface area contributed by atoms with Crippen molar-refractivity contribution in [3.8, 4) is 5.88 Å². The normalized spacial score (nSPS) is 12.5. The minimum absolute atomic E-state index is 0.0703. The van der Waals surface area contributed by atoms with Gasteiger partial charge in [0.15, 0.2) is 4.90 Å². The Hall–Kier alpha value is -2.09. The van der Waals surface area contributed by atoms with Crippen LogP contribution >= 0.6 is 0 Å². The van der Waals surface area contributed by atoms with Crippen LogP contribution in [0, 0.1) is 10.1 Å². The average Bonchev–Trinajstić information content (AvgIpc) is 2.23. The molecule has 0 radical (unpaired) electrons. The molecule has 0 fully saturated rings. The van der Waals surface area contributed by atoms with Crippen molar-refractivity contribution < 1.29 is 40.0 Å². The van der Waals surface area contributed by atoms with Crippen LogP contribution < -0.4 is 9.88 Å². The van der Waals surface area contributed by atoms with Gasteiger partial charge in [-0.15, -0.1) is 13.2 Å². The summed E-state index contributed by atoms with van der Waals surface area (Å²) in [5.41, 5.74) is -3.42. The van der Waals surface area contributed by atoms with E-state index in [0.29, 0.717) is 0 Å². The van der Waals surface area contributed by atoms with Gasteiger partial charge in [0, 0.05) is 0 Å². The molecule has 14 heteroatoms. The SMILES string of the molecule is NS(=O)(=O)c1c([N+](=O)[O-])cc(OC(F)(F)F)nc1C(F)F. The van der Waals surface area contributed by atoms with E-state index < -0.39 is 49.9 Å². The van der Waals surface area contributed by atoms with Crippen LogP contribution in [0.25, 0.3) is 0 Å². The molecule has 1 rings (SSSR count). The fourth-order valence-electron chi connectivity index (χ4n) is 1.26. The Bertz CT molecular complexity index is 674. The number of primary sulfonamides is 1. The quantitative estimate of drug-likeness (QED) is 0.504. The molecule has 0 saturated heterocycles. The number of sulfonamides is 1. The molecule has 0 aliphatic heterocycles. The Morgan fingerprint density at radius 1 is 1.38 bits per heavy atom. The summed E-state index contributed by atoms with van der Waals surface area (Å²) >= 11 is 0. The van der Waals surface area contributed by atoms with E-state index in [1.807, 2.05) is 0 Å². The number of alkyl halides is 5. The lowest BCUT2D eigenvalue weighted by Gasteiger charge is -2.11. The second kappa shape index (κ2) is 5.36. The topological polar surface area (TPSA) is 125 Å². The number of aromatic nitrogens is 1. The van der Waals surface area contributed by atoms with Gasteiger partial charge in [-0.3, -0.25) is 10.1 Å². The predicted octanol–water partition coefficient (Wildman–Crippen LogP) is 1.47. The molecule has 1 heterocycles. The lowest BCUT2D eigenvalue weighted by molar-refractivity contribution is -0.388. The lowest BCUT2D eigenvalue weighted by Crippen LogP contribution is -2.21. The maximum absolute atomic E-state index is 12.7. The first-order chi connectivity index (χ1) is 9.33. The molecule has 0 aliphatic carbocycles. The van der Waals surface area contributed by atoms with Gasteiger partial charge in [-0.25, -0.2) is 27.3 Å². The molecule has 8 nitrogen and oxygen atoms in total. The number of ether oxygens (including phenoxy) is 1. The molecule has 0 spiro atoms. The van der Waals surface area contributed by atoms with Gasteiger partial charge < -0.3 is 4.74 Å². The van der Waals surface area contributed by atoms with Gasteiger partial charge in [-0.2, -0.15) is 0 Å². The van der Waals surface area contributed by atoms with Gasteiger partial charge >= 0.3 is 6.36 Å². The number of nitro groups is 1. The molecule has 0 unspecified atom stereocenters. The average molecular weight is 337 g/mol. The molecular formula is C7H4F5N3O5S. The summed E-state index contributed by atoms with van der Waals surface area (Å²) in [4.78, 5) is 10.1. The number of pyridine rings is 1. The largest absolute Gasteiger partial charge is 0.574 e. The van der Waals surface area contributed by atoms with Crippen LogP contribution in [0.3, 0.4) is 0 Å². The third kappa shape index (κ3) is 4.19. The highest BCUT2D eigenvalue weighted by molar-refractivity contribution is 7.89. The van der Waals surface area contributed by atoms with Crippen molar-refractivity contribution in [2.24, 2.45) is 5.14 Å². The van der Waals surface area contributed by atoms with Gasteiger partial charge in [0.25, 0.3) is 12.1 Å². The van der Waals surface area contributed by atoms with Gasteiger partial charge in [-0.05, 0) is 0 Å². The number of halogens is 5. The smallest absolute Gasteiger partial charge is 0.388 e. The Balaban J connectivity index is 3.70. The molecule has 21 heavy (non-hydrogen) atoms. The van der Waals surface area contributed by atoms with E-state index in [0.717, 1.165) is 0 Å². The zero-order valence-corrected chi connectivity index (χ0v) is 10.3. The molecule has 118 valence electrons. The van der Waals surface area contributed by atoms with E-state index in [9.17, 15) is 40.5 Å². The number of rotatable bonds is 4. The van der Waals surface area contributed by atoms with Crippen molar-refractivity contribution in [3.05, 3.63) is 21.9 Å². The first-order valence-corrected chi connectivity index (χ1v) is 6.13. The lowest BCUT2D eigenvalue weighted by atomic mass is 10.3. The molecule has 0 aromatic carbocycles. The van der Waals surface area contributed by atoms with Crippen molar-refractivity contribution in [3.63, 3.8) is 0 Å². The van der Waals surface area contributed by atoms with Gasteiger partial charge in [0.1, 0.15) is 5.69 Å². The molecule has 2 N–H and O–H groups in total. The maximum atomic E-state index is 12.7. The first kappa shape index (κ1) is 17.0. The molecule has 0 aliphatic rings. The van der Waals surface area contributed by atoms with Crippen LogP contribution in [0.2, 0.25) is 0 Å². The highest BCUT2D eigenvalue weighted by atomic mass is 32.2. The zero-order chi connectivity index (χ0) is 16.6. The summed E-state index contributed by atoms with van der Waals surface area (Å²) in [5, 5.41) is 15.2.